The van der Waals surface area contributed by atoms with Crippen molar-refractivity contribution < 1.29 is 13.6 Å². The van der Waals surface area contributed by atoms with Crippen LogP contribution < -0.4 is 5.84 Å². The van der Waals surface area contributed by atoms with E-state index in [1.54, 1.807) is 24.3 Å². The largest absolute Gasteiger partial charge is 0.469 e. The van der Waals surface area contributed by atoms with Gasteiger partial charge in [-0.2, -0.15) is 0 Å². The van der Waals surface area contributed by atoms with E-state index < -0.39 is 0 Å². The lowest BCUT2D eigenvalue weighted by atomic mass is 10.2. The fraction of sp³-hybridized carbons (Fsp3) is 0.312. The lowest BCUT2D eigenvalue weighted by molar-refractivity contribution is -0.127. The normalized spacial score (nSPS) is 11.0. The second-order valence-corrected chi connectivity index (χ2v) is 6.56. The maximum absolute atomic E-state index is 12.3. The molecule has 3 rings (SSSR count). The summed E-state index contributed by atoms with van der Waals surface area (Å²) < 4.78 is 12.1. The molecule has 9 heteroatoms. The molecule has 3 heterocycles. The van der Waals surface area contributed by atoms with Crippen molar-refractivity contribution in [2.45, 2.75) is 25.5 Å². The highest BCUT2D eigenvalue weighted by molar-refractivity contribution is 7.99. The maximum Gasteiger partial charge on any atom is 0.233 e. The van der Waals surface area contributed by atoms with E-state index >= 15 is 0 Å². The van der Waals surface area contributed by atoms with Gasteiger partial charge in [0.2, 0.25) is 11.1 Å². The van der Waals surface area contributed by atoms with E-state index in [1.165, 1.54) is 16.4 Å². The highest BCUT2D eigenvalue weighted by Gasteiger charge is 2.18. The van der Waals surface area contributed by atoms with E-state index in [2.05, 4.69) is 10.2 Å². The van der Waals surface area contributed by atoms with Crippen LogP contribution >= 0.6 is 11.8 Å². The fourth-order valence-electron chi connectivity index (χ4n) is 2.30. The molecule has 3 aromatic rings. The summed E-state index contributed by atoms with van der Waals surface area (Å²) >= 11 is 1.24. The van der Waals surface area contributed by atoms with E-state index in [4.69, 9.17) is 14.7 Å². The number of thioether (sulfide) groups is 1. The van der Waals surface area contributed by atoms with Gasteiger partial charge in [-0.1, -0.05) is 11.8 Å². The Kier molecular flexibility index (Phi) is 4.84. The van der Waals surface area contributed by atoms with Crippen LogP contribution in [0.4, 0.5) is 0 Å². The number of nitrogen functional groups attached to an aromatic ring is 1. The zero-order valence-corrected chi connectivity index (χ0v) is 15.0. The minimum atomic E-state index is -0.0527. The molecule has 0 fully saturated rings. The highest BCUT2D eigenvalue weighted by atomic mass is 32.2. The predicted octanol–water partition coefficient (Wildman–Crippen LogP) is 2.21. The van der Waals surface area contributed by atoms with Crippen LogP contribution in [0.25, 0.3) is 11.4 Å². The Bertz CT molecular complexity index is 882. The second-order valence-electron chi connectivity index (χ2n) is 5.62. The highest BCUT2D eigenvalue weighted by Crippen LogP contribution is 2.25. The topological polar surface area (TPSA) is 103 Å². The van der Waals surface area contributed by atoms with Gasteiger partial charge in [0.05, 0.1) is 24.1 Å². The van der Waals surface area contributed by atoms with E-state index in [0.29, 0.717) is 23.3 Å². The third-order valence-electron chi connectivity index (χ3n) is 3.70. The molecule has 0 bridgehead atoms. The lowest BCUT2D eigenvalue weighted by Crippen LogP contribution is -2.27. The summed E-state index contributed by atoms with van der Waals surface area (Å²) in [7, 11) is 1.73. The zero-order chi connectivity index (χ0) is 18.0. The van der Waals surface area contributed by atoms with Gasteiger partial charge in [0.1, 0.15) is 17.3 Å². The lowest BCUT2D eigenvalue weighted by Gasteiger charge is -2.15. The first-order chi connectivity index (χ1) is 12.0. The Balaban J connectivity index is 1.61. The summed E-state index contributed by atoms with van der Waals surface area (Å²) in [5.74, 6) is 8.97. The van der Waals surface area contributed by atoms with Crippen LogP contribution in [0.5, 0.6) is 0 Å². The molecule has 0 radical (unpaired) electrons. The molecule has 0 aromatic carbocycles. The quantitative estimate of drug-likeness (QED) is 0.530. The van der Waals surface area contributed by atoms with Gasteiger partial charge < -0.3 is 19.6 Å². The Labute approximate surface area is 149 Å². The number of hydrogen-bond acceptors (Lipinski definition) is 7. The number of amides is 1. The Morgan fingerprint density at radius 2 is 2.12 bits per heavy atom. The molecular formula is C16H19N5O3S. The third kappa shape index (κ3) is 3.71. The van der Waals surface area contributed by atoms with Crippen LogP contribution in [-0.2, 0) is 11.3 Å². The first-order valence-corrected chi connectivity index (χ1v) is 8.61. The van der Waals surface area contributed by atoms with Crippen molar-refractivity contribution in [1.29, 1.82) is 0 Å². The van der Waals surface area contributed by atoms with Gasteiger partial charge in [0.15, 0.2) is 5.82 Å². The minimum absolute atomic E-state index is 0.0527. The van der Waals surface area contributed by atoms with Crippen LogP contribution in [0.2, 0.25) is 0 Å². The van der Waals surface area contributed by atoms with Gasteiger partial charge in [-0.25, -0.2) is 4.68 Å². The van der Waals surface area contributed by atoms with E-state index in [0.717, 1.165) is 17.1 Å². The smallest absolute Gasteiger partial charge is 0.233 e. The molecule has 132 valence electrons. The van der Waals surface area contributed by atoms with Crippen LogP contribution in [0, 0.1) is 13.8 Å². The number of aryl methyl sites for hydroxylation is 2. The number of furan rings is 2. The van der Waals surface area contributed by atoms with Crippen LogP contribution in [-0.4, -0.2) is 38.5 Å². The number of nitrogens with zero attached hydrogens (tertiary/aromatic N) is 4. The number of hydrogen-bond donors (Lipinski definition) is 1. The molecular weight excluding hydrogens is 342 g/mol. The molecule has 0 saturated heterocycles. The predicted molar refractivity (Wildman–Crippen MR) is 93.3 cm³/mol. The molecule has 25 heavy (non-hydrogen) atoms. The Morgan fingerprint density at radius 3 is 2.76 bits per heavy atom. The molecule has 8 nitrogen and oxygen atoms in total. The van der Waals surface area contributed by atoms with Crippen molar-refractivity contribution in [3.63, 3.8) is 0 Å². The van der Waals surface area contributed by atoms with Crippen molar-refractivity contribution in [3.05, 3.63) is 41.7 Å². The van der Waals surface area contributed by atoms with E-state index in [9.17, 15) is 4.79 Å². The Hall–Kier alpha value is -2.68. The standard InChI is InChI=1S/C16H19N5O3S/c1-10-4-5-12(24-10)8-20(3)14(22)9-25-16-19-18-15(21(16)17)13-6-7-23-11(13)2/h4-7H,8-9,17H2,1-3H3. The third-order valence-corrected chi connectivity index (χ3v) is 4.63. The molecule has 0 atom stereocenters. The first-order valence-electron chi connectivity index (χ1n) is 7.62. The SMILES string of the molecule is Cc1ccc(CN(C)C(=O)CSc2nnc(-c3ccoc3C)n2N)o1. The summed E-state index contributed by atoms with van der Waals surface area (Å²) in [6.07, 6.45) is 1.57. The van der Waals surface area contributed by atoms with Gasteiger partial charge in [-0.3, -0.25) is 4.79 Å². The summed E-state index contributed by atoms with van der Waals surface area (Å²) in [6, 6.07) is 5.52. The molecule has 0 aliphatic carbocycles. The summed E-state index contributed by atoms with van der Waals surface area (Å²) in [5, 5.41) is 8.60. The van der Waals surface area contributed by atoms with Crippen molar-refractivity contribution in [1.82, 2.24) is 19.8 Å². The first kappa shape index (κ1) is 17.2. The molecule has 0 aliphatic rings. The Morgan fingerprint density at radius 1 is 1.32 bits per heavy atom. The monoisotopic (exact) mass is 361 g/mol. The molecule has 1 amide bonds. The molecule has 0 saturated carbocycles. The van der Waals surface area contributed by atoms with E-state index in [1.807, 2.05) is 26.0 Å². The molecule has 0 spiro atoms. The zero-order valence-electron chi connectivity index (χ0n) is 14.2. The number of carbonyl (C=O) groups excluding carboxylic acids is 1. The summed E-state index contributed by atoms with van der Waals surface area (Å²) in [6.45, 7) is 4.11. The van der Waals surface area contributed by atoms with Crippen molar-refractivity contribution in [3.8, 4) is 11.4 Å². The second kappa shape index (κ2) is 7.06. The van der Waals surface area contributed by atoms with Crippen LogP contribution in [0.1, 0.15) is 17.3 Å². The number of carbonyl (C=O) groups is 1. The van der Waals surface area contributed by atoms with Gasteiger partial charge in [0.25, 0.3) is 0 Å². The van der Waals surface area contributed by atoms with Crippen molar-refractivity contribution >= 4 is 17.7 Å². The molecule has 3 aromatic heterocycles. The van der Waals surface area contributed by atoms with E-state index in [-0.39, 0.29) is 11.7 Å². The van der Waals surface area contributed by atoms with Gasteiger partial charge in [0, 0.05) is 7.05 Å². The maximum atomic E-state index is 12.3. The number of rotatable bonds is 6. The fourth-order valence-corrected chi connectivity index (χ4v) is 3.10. The van der Waals surface area contributed by atoms with Crippen LogP contribution in [0.15, 0.2) is 38.5 Å². The summed E-state index contributed by atoms with van der Waals surface area (Å²) in [4.78, 5) is 13.9. The molecule has 0 unspecified atom stereocenters. The van der Waals surface area contributed by atoms with Crippen LogP contribution in [0.3, 0.4) is 0 Å². The number of nitrogens with two attached hydrogens (primary N) is 1. The average Bonchev–Trinajstić information content (AvgIpc) is 3.26. The summed E-state index contributed by atoms with van der Waals surface area (Å²) in [5.41, 5.74) is 0.776. The van der Waals surface area contributed by atoms with Gasteiger partial charge in [-0.15, -0.1) is 10.2 Å². The van der Waals surface area contributed by atoms with Gasteiger partial charge >= 0.3 is 0 Å². The van der Waals surface area contributed by atoms with Gasteiger partial charge in [-0.05, 0) is 32.0 Å². The number of aromatic nitrogens is 3. The average molecular weight is 361 g/mol. The van der Waals surface area contributed by atoms with Crippen molar-refractivity contribution in [2.24, 2.45) is 0 Å². The molecule has 2 N–H and O–H groups in total. The molecule has 0 aliphatic heterocycles. The van der Waals surface area contributed by atoms with Crippen molar-refractivity contribution in [2.75, 3.05) is 18.6 Å². The minimum Gasteiger partial charge on any atom is -0.469 e.